The molecule has 2 rings (SSSR count). The number of carbonyl (C=O) groups is 1. The maximum Gasteiger partial charge on any atom is 0.202 e. The van der Waals surface area contributed by atoms with Crippen LogP contribution < -0.4 is 0 Å². The molecule has 20 heavy (non-hydrogen) atoms. The molecule has 0 saturated carbocycles. The molecule has 1 nitrogen and oxygen atoms in total. The van der Waals surface area contributed by atoms with Crippen LogP contribution in [0.25, 0.3) is 0 Å². The summed E-state index contributed by atoms with van der Waals surface area (Å²) in [5, 5.41) is 0. The molecule has 1 aromatic heterocycles. The van der Waals surface area contributed by atoms with E-state index in [0.29, 0.717) is 0 Å². The molecule has 0 bridgehead atoms. The largest absolute Gasteiger partial charge is 0.288 e. The SMILES string of the molecule is CCc1ccc(C(=O)c2ccc(C(C)(C)CC)cc2)s1. The molecule has 1 aromatic carbocycles. The zero-order chi connectivity index (χ0) is 14.8. The maximum absolute atomic E-state index is 12.4. The lowest BCUT2D eigenvalue weighted by molar-refractivity contribution is 0.104. The molecule has 0 N–H and O–H groups in total. The fourth-order valence-corrected chi connectivity index (χ4v) is 3.02. The van der Waals surface area contributed by atoms with Crippen molar-refractivity contribution in [2.45, 2.75) is 46.0 Å². The van der Waals surface area contributed by atoms with Crippen molar-refractivity contribution in [2.75, 3.05) is 0 Å². The number of ketones is 1. The van der Waals surface area contributed by atoms with E-state index >= 15 is 0 Å². The number of hydrogen-bond donors (Lipinski definition) is 0. The summed E-state index contributed by atoms with van der Waals surface area (Å²) in [7, 11) is 0. The zero-order valence-corrected chi connectivity index (χ0v) is 13.5. The van der Waals surface area contributed by atoms with Gasteiger partial charge in [-0.05, 0) is 36.0 Å². The van der Waals surface area contributed by atoms with E-state index in [1.165, 1.54) is 10.4 Å². The molecular formula is C18H22OS. The molecule has 0 aliphatic rings. The Kier molecular flexibility index (Phi) is 4.44. The average Bonchev–Trinajstić information content (AvgIpc) is 2.95. The molecule has 0 aliphatic carbocycles. The first kappa shape index (κ1) is 15.0. The Morgan fingerprint density at radius 3 is 2.20 bits per heavy atom. The first-order chi connectivity index (χ1) is 9.47. The minimum Gasteiger partial charge on any atom is -0.288 e. The molecule has 106 valence electrons. The summed E-state index contributed by atoms with van der Waals surface area (Å²) in [6, 6.07) is 12.1. The van der Waals surface area contributed by atoms with Gasteiger partial charge in [0.2, 0.25) is 5.78 Å². The smallest absolute Gasteiger partial charge is 0.202 e. The monoisotopic (exact) mass is 286 g/mol. The van der Waals surface area contributed by atoms with Gasteiger partial charge in [0.25, 0.3) is 0 Å². The summed E-state index contributed by atoms with van der Waals surface area (Å²) in [6.45, 7) is 8.77. The highest BCUT2D eigenvalue weighted by atomic mass is 32.1. The van der Waals surface area contributed by atoms with Crippen molar-refractivity contribution in [3.8, 4) is 0 Å². The Morgan fingerprint density at radius 1 is 1.05 bits per heavy atom. The topological polar surface area (TPSA) is 17.1 Å². The van der Waals surface area contributed by atoms with Crippen molar-refractivity contribution < 1.29 is 4.79 Å². The lowest BCUT2D eigenvalue weighted by Crippen LogP contribution is -2.15. The van der Waals surface area contributed by atoms with E-state index in [2.05, 4.69) is 39.8 Å². The fraction of sp³-hybridized carbons (Fsp3) is 0.389. The van der Waals surface area contributed by atoms with E-state index in [1.807, 2.05) is 24.3 Å². The Labute approximate surface area is 125 Å². The minimum absolute atomic E-state index is 0.135. The van der Waals surface area contributed by atoms with E-state index in [-0.39, 0.29) is 11.2 Å². The van der Waals surface area contributed by atoms with Gasteiger partial charge < -0.3 is 0 Å². The predicted molar refractivity (Wildman–Crippen MR) is 86.9 cm³/mol. The van der Waals surface area contributed by atoms with Crippen molar-refractivity contribution in [2.24, 2.45) is 0 Å². The standard InChI is InChI=1S/C18H22OS/c1-5-15-11-12-16(20-15)17(19)13-7-9-14(10-8-13)18(3,4)6-2/h7-12H,5-6H2,1-4H3. The Bertz CT molecular complexity index is 590. The molecule has 0 fully saturated rings. The van der Waals surface area contributed by atoms with Crippen LogP contribution in [-0.4, -0.2) is 5.78 Å². The fourth-order valence-electron chi connectivity index (χ4n) is 2.11. The number of thiophene rings is 1. The van der Waals surface area contributed by atoms with Crippen LogP contribution in [0.15, 0.2) is 36.4 Å². The minimum atomic E-state index is 0.135. The van der Waals surface area contributed by atoms with Crippen LogP contribution in [0.2, 0.25) is 0 Å². The highest BCUT2D eigenvalue weighted by Gasteiger charge is 2.18. The number of hydrogen-bond acceptors (Lipinski definition) is 2. The summed E-state index contributed by atoms with van der Waals surface area (Å²) in [5.74, 6) is 0.135. The van der Waals surface area contributed by atoms with Crippen molar-refractivity contribution in [3.05, 3.63) is 57.3 Å². The Hall–Kier alpha value is -1.41. The van der Waals surface area contributed by atoms with Gasteiger partial charge in [-0.2, -0.15) is 0 Å². The highest BCUT2D eigenvalue weighted by molar-refractivity contribution is 7.14. The molecule has 0 spiro atoms. The molecular weight excluding hydrogens is 264 g/mol. The molecule has 0 radical (unpaired) electrons. The lowest BCUT2D eigenvalue weighted by atomic mass is 9.82. The van der Waals surface area contributed by atoms with Gasteiger partial charge in [-0.25, -0.2) is 0 Å². The molecule has 2 aromatic rings. The third-order valence-corrected chi connectivity index (χ3v) is 5.27. The molecule has 0 amide bonds. The van der Waals surface area contributed by atoms with Crippen molar-refractivity contribution >= 4 is 17.1 Å². The molecule has 1 heterocycles. The third-order valence-electron chi connectivity index (χ3n) is 4.05. The van der Waals surface area contributed by atoms with Gasteiger partial charge in [0.1, 0.15) is 0 Å². The quantitative estimate of drug-likeness (QED) is 0.688. The first-order valence-electron chi connectivity index (χ1n) is 7.22. The van der Waals surface area contributed by atoms with E-state index < -0.39 is 0 Å². The molecule has 0 unspecified atom stereocenters. The van der Waals surface area contributed by atoms with Crippen LogP contribution in [0.1, 0.15) is 59.8 Å². The third kappa shape index (κ3) is 3.01. The zero-order valence-electron chi connectivity index (χ0n) is 12.7. The second-order valence-electron chi connectivity index (χ2n) is 5.76. The molecule has 0 aliphatic heterocycles. The predicted octanol–water partition coefficient (Wildman–Crippen LogP) is 5.23. The summed E-state index contributed by atoms with van der Waals surface area (Å²) in [4.78, 5) is 14.5. The lowest BCUT2D eigenvalue weighted by Gasteiger charge is -2.23. The number of benzene rings is 1. The second kappa shape index (κ2) is 5.92. The van der Waals surface area contributed by atoms with Crippen molar-refractivity contribution in [1.29, 1.82) is 0 Å². The maximum atomic E-state index is 12.4. The highest BCUT2D eigenvalue weighted by Crippen LogP contribution is 2.27. The Morgan fingerprint density at radius 2 is 1.70 bits per heavy atom. The van der Waals surface area contributed by atoms with Crippen molar-refractivity contribution in [1.82, 2.24) is 0 Å². The number of aryl methyl sites for hydroxylation is 1. The Balaban J connectivity index is 2.23. The van der Waals surface area contributed by atoms with Gasteiger partial charge in [-0.1, -0.05) is 52.0 Å². The summed E-state index contributed by atoms with van der Waals surface area (Å²) in [6.07, 6.45) is 2.08. The van der Waals surface area contributed by atoms with Crippen molar-refractivity contribution in [3.63, 3.8) is 0 Å². The van der Waals surface area contributed by atoms with E-state index in [0.717, 1.165) is 23.3 Å². The van der Waals surface area contributed by atoms with E-state index in [9.17, 15) is 4.79 Å². The van der Waals surface area contributed by atoms with Gasteiger partial charge in [-0.15, -0.1) is 11.3 Å². The molecule has 0 atom stereocenters. The molecule has 2 heteroatoms. The van der Waals surface area contributed by atoms with E-state index in [4.69, 9.17) is 0 Å². The second-order valence-corrected chi connectivity index (χ2v) is 6.93. The van der Waals surface area contributed by atoms with Gasteiger partial charge in [0.15, 0.2) is 0 Å². The van der Waals surface area contributed by atoms with Crippen LogP contribution in [0, 0.1) is 0 Å². The van der Waals surface area contributed by atoms with Crippen LogP contribution in [0.3, 0.4) is 0 Å². The normalized spacial score (nSPS) is 11.6. The first-order valence-corrected chi connectivity index (χ1v) is 8.03. The van der Waals surface area contributed by atoms with Crippen LogP contribution in [-0.2, 0) is 11.8 Å². The van der Waals surface area contributed by atoms with Gasteiger partial charge >= 0.3 is 0 Å². The summed E-state index contributed by atoms with van der Waals surface area (Å²) >= 11 is 1.60. The summed E-state index contributed by atoms with van der Waals surface area (Å²) < 4.78 is 0. The number of rotatable bonds is 5. The summed E-state index contributed by atoms with van der Waals surface area (Å²) in [5.41, 5.74) is 2.24. The van der Waals surface area contributed by atoms with Gasteiger partial charge in [-0.3, -0.25) is 4.79 Å². The van der Waals surface area contributed by atoms with Gasteiger partial charge in [0, 0.05) is 10.4 Å². The van der Waals surface area contributed by atoms with Crippen LogP contribution >= 0.6 is 11.3 Å². The number of carbonyl (C=O) groups excluding carboxylic acids is 1. The van der Waals surface area contributed by atoms with E-state index in [1.54, 1.807) is 11.3 Å². The van der Waals surface area contributed by atoms with Gasteiger partial charge in [0.05, 0.1) is 4.88 Å². The average molecular weight is 286 g/mol. The molecule has 0 saturated heterocycles. The van der Waals surface area contributed by atoms with Crippen LogP contribution in [0.4, 0.5) is 0 Å². The van der Waals surface area contributed by atoms with Crippen LogP contribution in [0.5, 0.6) is 0 Å².